The summed E-state index contributed by atoms with van der Waals surface area (Å²) in [5.74, 6) is 0.613. The van der Waals surface area contributed by atoms with Crippen LogP contribution in [0.4, 0.5) is 0 Å². The molecule has 0 bridgehead atoms. The predicted octanol–water partition coefficient (Wildman–Crippen LogP) is 2.19. The number of hydrogen-bond acceptors (Lipinski definition) is 4. The molecule has 2 atom stereocenters. The highest BCUT2D eigenvalue weighted by atomic mass is 16.5. The predicted molar refractivity (Wildman–Crippen MR) is 89.8 cm³/mol. The summed E-state index contributed by atoms with van der Waals surface area (Å²) in [4.78, 5) is 2.54. The number of aliphatic hydroxyl groups is 1. The second-order valence-corrected chi connectivity index (χ2v) is 6.49. The van der Waals surface area contributed by atoms with E-state index in [0.717, 1.165) is 38.4 Å². The van der Waals surface area contributed by atoms with Crippen molar-refractivity contribution < 1.29 is 9.84 Å². The van der Waals surface area contributed by atoms with Crippen molar-refractivity contribution in [2.24, 2.45) is 5.92 Å². The Morgan fingerprint density at radius 3 is 2.59 bits per heavy atom. The third kappa shape index (κ3) is 4.78. The van der Waals surface area contributed by atoms with Gasteiger partial charge in [-0.3, -0.25) is 4.90 Å². The van der Waals surface area contributed by atoms with E-state index in [-0.39, 0.29) is 12.6 Å². The van der Waals surface area contributed by atoms with E-state index in [1.165, 1.54) is 5.56 Å². The average Bonchev–Trinajstić information content (AvgIpc) is 2.55. The molecule has 0 amide bonds. The summed E-state index contributed by atoms with van der Waals surface area (Å²) in [6.45, 7) is 11.6. The maximum Gasteiger partial charge on any atom is 0.0681 e. The number of nitrogens with one attached hydrogen (secondary N) is 1. The van der Waals surface area contributed by atoms with E-state index in [4.69, 9.17) is 4.74 Å². The van der Waals surface area contributed by atoms with E-state index in [2.05, 4.69) is 43.1 Å². The lowest BCUT2D eigenvalue weighted by Crippen LogP contribution is -2.50. The quantitative estimate of drug-likeness (QED) is 0.810. The maximum absolute atomic E-state index is 9.27. The van der Waals surface area contributed by atoms with Gasteiger partial charge >= 0.3 is 0 Å². The molecule has 4 heteroatoms. The summed E-state index contributed by atoms with van der Waals surface area (Å²) in [5.41, 5.74) is 2.20. The fourth-order valence-corrected chi connectivity index (χ4v) is 3.07. The third-order valence-corrected chi connectivity index (χ3v) is 4.55. The van der Waals surface area contributed by atoms with Crippen LogP contribution in [-0.2, 0) is 11.3 Å². The molecule has 1 heterocycles. The van der Waals surface area contributed by atoms with Crippen LogP contribution >= 0.6 is 0 Å². The largest absolute Gasteiger partial charge is 0.392 e. The van der Waals surface area contributed by atoms with Crippen molar-refractivity contribution in [1.82, 2.24) is 10.2 Å². The van der Waals surface area contributed by atoms with Crippen molar-refractivity contribution >= 4 is 0 Å². The highest BCUT2D eigenvalue weighted by molar-refractivity contribution is 5.25. The zero-order chi connectivity index (χ0) is 15.9. The Kier molecular flexibility index (Phi) is 6.83. The minimum Gasteiger partial charge on any atom is -0.392 e. The molecule has 4 nitrogen and oxygen atoms in total. The Labute approximate surface area is 134 Å². The first-order valence-electron chi connectivity index (χ1n) is 8.36. The summed E-state index contributed by atoms with van der Waals surface area (Å²) in [6, 6.07) is 9.00. The van der Waals surface area contributed by atoms with Crippen LogP contribution in [0, 0.1) is 5.92 Å². The summed E-state index contributed by atoms with van der Waals surface area (Å²) in [6.07, 6.45) is 0. The van der Waals surface area contributed by atoms with Crippen molar-refractivity contribution in [3.8, 4) is 0 Å². The summed E-state index contributed by atoms with van der Waals surface area (Å²) < 4.78 is 5.46. The Morgan fingerprint density at radius 2 is 1.95 bits per heavy atom. The van der Waals surface area contributed by atoms with Crippen LogP contribution in [0.15, 0.2) is 24.3 Å². The fourth-order valence-electron chi connectivity index (χ4n) is 3.07. The molecule has 22 heavy (non-hydrogen) atoms. The first-order chi connectivity index (χ1) is 10.6. The number of ether oxygens (including phenoxy) is 1. The van der Waals surface area contributed by atoms with E-state index < -0.39 is 0 Å². The number of nitrogens with zero attached hydrogens (tertiary/aromatic N) is 1. The van der Waals surface area contributed by atoms with E-state index >= 15 is 0 Å². The molecule has 0 saturated carbocycles. The number of rotatable bonds is 7. The SMILES string of the molecule is CC(NCC(C(C)C)N1CCOCC1)c1cccc(CO)c1. The van der Waals surface area contributed by atoms with Crippen molar-refractivity contribution in [2.45, 2.75) is 39.5 Å². The van der Waals surface area contributed by atoms with Crippen LogP contribution in [0.3, 0.4) is 0 Å². The lowest BCUT2D eigenvalue weighted by molar-refractivity contribution is 0.00604. The lowest BCUT2D eigenvalue weighted by atomic mass is 10.0. The van der Waals surface area contributed by atoms with Gasteiger partial charge in [0.2, 0.25) is 0 Å². The zero-order valence-electron chi connectivity index (χ0n) is 14.1. The van der Waals surface area contributed by atoms with Gasteiger partial charge in [-0.25, -0.2) is 0 Å². The maximum atomic E-state index is 9.27. The van der Waals surface area contributed by atoms with Gasteiger partial charge in [-0.1, -0.05) is 38.1 Å². The molecule has 0 radical (unpaired) electrons. The minimum absolute atomic E-state index is 0.100. The molecule has 1 aliphatic heterocycles. The van der Waals surface area contributed by atoms with E-state index in [0.29, 0.717) is 12.0 Å². The van der Waals surface area contributed by atoms with Gasteiger partial charge in [0.1, 0.15) is 0 Å². The van der Waals surface area contributed by atoms with Gasteiger partial charge in [0.05, 0.1) is 19.8 Å². The van der Waals surface area contributed by atoms with Gasteiger partial charge < -0.3 is 15.2 Å². The van der Waals surface area contributed by atoms with Crippen LogP contribution in [0.1, 0.15) is 37.9 Å². The molecule has 1 fully saturated rings. The van der Waals surface area contributed by atoms with E-state index in [1.807, 2.05) is 12.1 Å². The summed E-state index contributed by atoms with van der Waals surface area (Å²) in [7, 11) is 0. The number of morpholine rings is 1. The van der Waals surface area contributed by atoms with Gasteiger partial charge in [-0.15, -0.1) is 0 Å². The second-order valence-electron chi connectivity index (χ2n) is 6.49. The fraction of sp³-hybridized carbons (Fsp3) is 0.667. The highest BCUT2D eigenvalue weighted by Gasteiger charge is 2.24. The lowest BCUT2D eigenvalue weighted by Gasteiger charge is -2.37. The van der Waals surface area contributed by atoms with Crippen LogP contribution in [0.5, 0.6) is 0 Å². The molecule has 1 aliphatic rings. The van der Waals surface area contributed by atoms with Crippen LogP contribution in [0.2, 0.25) is 0 Å². The normalized spacial score (nSPS) is 19.3. The summed E-state index contributed by atoms with van der Waals surface area (Å²) in [5, 5.41) is 12.9. The number of aliphatic hydroxyl groups excluding tert-OH is 1. The van der Waals surface area contributed by atoms with Gasteiger partial charge in [0, 0.05) is 31.7 Å². The molecule has 1 aromatic rings. The van der Waals surface area contributed by atoms with Crippen molar-refractivity contribution in [2.75, 3.05) is 32.8 Å². The molecule has 2 N–H and O–H groups in total. The monoisotopic (exact) mass is 306 g/mol. The Hall–Kier alpha value is -0.940. The van der Waals surface area contributed by atoms with Crippen LogP contribution < -0.4 is 5.32 Å². The smallest absolute Gasteiger partial charge is 0.0681 e. The molecule has 1 aromatic carbocycles. The molecule has 2 rings (SSSR count). The van der Waals surface area contributed by atoms with Crippen LogP contribution in [0.25, 0.3) is 0 Å². The number of benzene rings is 1. The molecule has 0 aliphatic carbocycles. The van der Waals surface area contributed by atoms with E-state index in [9.17, 15) is 5.11 Å². The first kappa shape index (κ1) is 17.4. The standard InChI is InChI=1S/C18H30N2O2/c1-14(2)18(20-7-9-22-10-8-20)12-19-15(3)17-6-4-5-16(11-17)13-21/h4-6,11,14-15,18-19,21H,7-10,12-13H2,1-3H3. The summed E-state index contributed by atoms with van der Waals surface area (Å²) >= 11 is 0. The molecular weight excluding hydrogens is 276 g/mol. The molecule has 2 unspecified atom stereocenters. The van der Waals surface area contributed by atoms with Gasteiger partial charge in [0.15, 0.2) is 0 Å². The minimum atomic E-state index is 0.100. The van der Waals surface area contributed by atoms with Gasteiger partial charge in [0.25, 0.3) is 0 Å². The zero-order valence-corrected chi connectivity index (χ0v) is 14.1. The molecule has 1 saturated heterocycles. The molecule has 124 valence electrons. The average molecular weight is 306 g/mol. The Morgan fingerprint density at radius 1 is 1.23 bits per heavy atom. The van der Waals surface area contributed by atoms with Gasteiger partial charge in [-0.2, -0.15) is 0 Å². The van der Waals surface area contributed by atoms with Gasteiger partial charge in [-0.05, 0) is 24.0 Å². The Bertz CT molecular complexity index is 444. The third-order valence-electron chi connectivity index (χ3n) is 4.55. The highest BCUT2D eigenvalue weighted by Crippen LogP contribution is 2.17. The van der Waals surface area contributed by atoms with Crippen molar-refractivity contribution in [3.05, 3.63) is 35.4 Å². The first-order valence-corrected chi connectivity index (χ1v) is 8.36. The second kappa shape index (κ2) is 8.63. The molecule has 0 aromatic heterocycles. The van der Waals surface area contributed by atoms with Crippen LogP contribution in [-0.4, -0.2) is 48.9 Å². The topological polar surface area (TPSA) is 44.7 Å². The van der Waals surface area contributed by atoms with Crippen molar-refractivity contribution in [3.63, 3.8) is 0 Å². The number of hydrogen-bond donors (Lipinski definition) is 2. The van der Waals surface area contributed by atoms with E-state index in [1.54, 1.807) is 0 Å². The van der Waals surface area contributed by atoms with Crippen molar-refractivity contribution in [1.29, 1.82) is 0 Å². The Balaban J connectivity index is 1.93. The molecular formula is C18H30N2O2. The molecule has 0 spiro atoms.